The van der Waals surface area contributed by atoms with E-state index in [9.17, 15) is 4.79 Å². The first kappa shape index (κ1) is 10.5. The van der Waals surface area contributed by atoms with Gasteiger partial charge in [0.25, 0.3) is 5.56 Å². The van der Waals surface area contributed by atoms with Gasteiger partial charge in [-0.15, -0.1) is 0 Å². The average molecular weight is 242 g/mol. The molecule has 2 heterocycles. The number of nitrogens with one attached hydrogen (secondary N) is 1. The number of hydrogen-bond acceptors (Lipinski definition) is 5. The molecule has 6 nitrogen and oxygen atoms in total. The van der Waals surface area contributed by atoms with E-state index in [0.717, 1.165) is 10.9 Å². The fourth-order valence-electron chi connectivity index (χ4n) is 1.90. The van der Waals surface area contributed by atoms with Crippen LogP contribution < -0.4 is 16.0 Å². The van der Waals surface area contributed by atoms with Crippen LogP contribution in [0.15, 0.2) is 29.2 Å². The van der Waals surface area contributed by atoms with Gasteiger partial charge in [-0.3, -0.25) is 14.8 Å². The summed E-state index contributed by atoms with van der Waals surface area (Å²) in [6.45, 7) is 0. The Kier molecular flexibility index (Phi) is 2.16. The first-order chi connectivity index (χ1) is 8.69. The monoisotopic (exact) mass is 242 g/mol. The van der Waals surface area contributed by atoms with Gasteiger partial charge in [0, 0.05) is 11.6 Å². The minimum atomic E-state index is -0.297. The van der Waals surface area contributed by atoms with Crippen LogP contribution in [0.2, 0.25) is 0 Å². The van der Waals surface area contributed by atoms with Gasteiger partial charge in [-0.05, 0) is 18.2 Å². The van der Waals surface area contributed by atoms with E-state index in [2.05, 4.69) is 15.0 Å². The number of aromatic amines is 1. The molecule has 0 fully saturated rings. The lowest BCUT2D eigenvalue weighted by molar-refractivity contribution is 0.415. The van der Waals surface area contributed by atoms with Crippen LogP contribution in [0.4, 0.5) is 5.95 Å². The van der Waals surface area contributed by atoms with E-state index in [0.29, 0.717) is 16.7 Å². The maximum Gasteiger partial charge on any atom is 0.261 e. The van der Waals surface area contributed by atoms with E-state index >= 15 is 0 Å². The van der Waals surface area contributed by atoms with Gasteiger partial charge in [-0.2, -0.15) is 0 Å². The Balaban J connectivity index is 2.54. The second kappa shape index (κ2) is 3.69. The van der Waals surface area contributed by atoms with Crippen LogP contribution in [0, 0.1) is 0 Å². The van der Waals surface area contributed by atoms with Crippen LogP contribution >= 0.6 is 0 Å². The van der Waals surface area contributed by atoms with Crippen molar-refractivity contribution in [3.05, 3.63) is 34.7 Å². The molecule has 3 rings (SSSR count). The smallest absolute Gasteiger partial charge is 0.261 e. The molecule has 3 N–H and O–H groups in total. The highest BCUT2D eigenvalue weighted by Gasteiger charge is 2.08. The molecular formula is C12H10N4O2. The number of pyridine rings is 1. The second-order valence-electron chi connectivity index (χ2n) is 3.85. The van der Waals surface area contributed by atoms with Crippen molar-refractivity contribution in [2.75, 3.05) is 12.8 Å². The van der Waals surface area contributed by atoms with Crippen LogP contribution in [0.3, 0.4) is 0 Å². The first-order valence-electron chi connectivity index (χ1n) is 5.31. The number of anilines is 1. The largest absolute Gasteiger partial charge is 0.497 e. The summed E-state index contributed by atoms with van der Waals surface area (Å²) in [4.78, 5) is 22.6. The molecule has 18 heavy (non-hydrogen) atoms. The highest BCUT2D eigenvalue weighted by atomic mass is 16.5. The van der Waals surface area contributed by atoms with Crippen molar-refractivity contribution in [3.8, 4) is 5.75 Å². The minimum absolute atomic E-state index is 0.0859. The van der Waals surface area contributed by atoms with Gasteiger partial charge in [0.15, 0.2) is 0 Å². The summed E-state index contributed by atoms with van der Waals surface area (Å²) in [5.74, 6) is 0.764. The van der Waals surface area contributed by atoms with E-state index < -0.39 is 0 Å². The number of H-pyrrole nitrogens is 1. The Morgan fingerprint density at radius 1 is 1.33 bits per heavy atom. The standard InChI is InChI=1S/C12H10N4O2/c1-18-6-2-3-9-7(4-6)10-8(5-14-9)11(17)16-12(13)15-10/h2-5H,1H3,(H3,13,15,16,17). The molecule has 6 heteroatoms. The van der Waals surface area contributed by atoms with E-state index in [1.807, 2.05) is 6.07 Å². The van der Waals surface area contributed by atoms with Gasteiger partial charge in [-0.1, -0.05) is 0 Å². The second-order valence-corrected chi connectivity index (χ2v) is 3.85. The molecule has 0 unspecified atom stereocenters. The quantitative estimate of drug-likeness (QED) is 0.622. The fraction of sp³-hybridized carbons (Fsp3) is 0.0833. The predicted molar refractivity (Wildman–Crippen MR) is 68.6 cm³/mol. The zero-order valence-corrected chi connectivity index (χ0v) is 9.60. The predicted octanol–water partition coefficient (Wildman–Crippen LogP) is 1.06. The molecule has 0 saturated carbocycles. The summed E-state index contributed by atoms with van der Waals surface area (Å²) in [5.41, 5.74) is 6.54. The Morgan fingerprint density at radius 3 is 2.94 bits per heavy atom. The molecule has 0 spiro atoms. The number of nitrogen functional groups attached to an aromatic ring is 1. The molecule has 0 aliphatic carbocycles. The minimum Gasteiger partial charge on any atom is -0.497 e. The lowest BCUT2D eigenvalue weighted by atomic mass is 10.1. The van der Waals surface area contributed by atoms with Crippen molar-refractivity contribution in [2.45, 2.75) is 0 Å². The van der Waals surface area contributed by atoms with Crippen LogP contribution in [0.25, 0.3) is 21.8 Å². The molecule has 0 saturated heterocycles. The summed E-state index contributed by atoms with van der Waals surface area (Å²) in [5, 5.41) is 1.15. The topological polar surface area (TPSA) is 93.9 Å². The Labute approximate surface area is 101 Å². The summed E-state index contributed by atoms with van der Waals surface area (Å²) in [7, 11) is 1.58. The number of benzene rings is 1. The Bertz CT molecular complexity index is 810. The van der Waals surface area contributed by atoms with Gasteiger partial charge in [0.2, 0.25) is 5.95 Å². The lowest BCUT2D eigenvalue weighted by Gasteiger charge is -2.05. The molecule has 90 valence electrons. The number of fused-ring (bicyclic) bond motifs is 3. The third-order valence-corrected chi connectivity index (χ3v) is 2.77. The van der Waals surface area contributed by atoms with Crippen LogP contribution in [-0.2, 0) is 0 Å². The molecule has 3 aromatic rings. The Morgan fingerprint density at radius 2 is 2.17 bits per heavy atom. The third kappa shape index (κ3) is 1.46. The molecule has 0 radical (unpaired) electrons. The van der Waals surface area contributed by atoms with Crippen molar-refractivity contribution in [1.82, 2.24) is 15.0 Å². The highest BCUT2D eigenvalue weighted by Crippen LogP contribution is 2.24. The van der Waals surface area contributed by atoms with Crippen molar-refractivity contribution in [3.63, 3.8) is 0 Å². The van der Waals surface area contributed by atoms with E-state index in [1.165, 1.54) is 6.20 Å². The SMILES string of the molecule is COc1ccc2ncc3c(=O)[nH]c(N)nc3c2c1. The zero-order chi connectivity index (χ0) is 12.7. The highest BCUT2D eigenvalue weighted by molar-refractivity contribution is 6.03. The normalized spacial score (nSPS) is 10.9. The number of aromatic nitrogens is 3. The molecule has 0 bridgehead atoms. The number of rotatable bonds is 1. The zero-order valence-electron chi connectivity index (χ0n) is 9.60. The van der Waals surface area contributed by atoms with Crippen molar-refractivity contribution >= 4 is 27.8 Å². The van der Waals surface area contributed by atoms with Crippen LogP contribution in [0.5, 0.6) is 5.75 Å². The maximum absolute atomic E-state index is 11.8. The molecule has 0 atom stereocenters. The maximum atomic E-state index is 11.8. The molecular weight excluding hydrogens is 232 g/mol. The van der Waals surface area contributed by atoms with Crippen LogP contribution in [-0.4, -0.2) is 22.1 Å². The summed E-state index contributed by atoms with van der Waals surface area (Å²) >= 11 is 0. The molecule has 0 aliphatic heterocycles. The first-order valence-corrected chi connectivity index (χ1v) is 5.31. The van der Waals surface area contributed by atoms with Crippen molar-refractivity contribution < 1.29 is 4.74 Å². The molecule has 2 aromatic heterocycles. The Hall–Kier alpha value is -2.63. The third-order valence-electron chi connectivity index (χ3n) is 2.77. The summed E-state index contributed by atoms with van der Waals surface area (Å²) < 4.78 is 5.16. The van der Waals surface area contributed by atoms with E-state index in [1.54, 1.807) is 19.2 Å². The van der Waals surface area contributed by atoms with Gasteiger partial charge in [0.1, 0.15) is 5.75 Å². The number of nitrogens with zero attached hydrogens (tertiary/aromatic N) is 2. The van der Waals surface area contributed by atoms with E-state index in [4.69, 9.17) is 10.5 Å². The summed E-state index contributed by atoms with van der Waals surface area (Å²) in [6, 6.07) is 5.40. The van der Waals surface area contributed by atoms with Crippen molar-refractivity contribution in [2.24, 2.45) is 0 Å². The summed E-state index contributed by atoms with van der Waals surface area (Å²) in [6.07, 6.45) is 1.50. The van der Waals surface area contributed by atoms with Gasteiger partial charge in [-0.25, -0.2) is 4.98 Å². The average Bonchev–Trinajstić information content (AvgIpc) is 2.37. The molecule has 0 amide bonds. The number of ether oxygens (including phenoxy) is 1. The van der Waals surface area contributed by atoms with Crippen LogP contribution in [0.1, 0.15) is 0 Å². The lowest BCUT2D eigenvalue weighted by Crippen LogP contribution is -2.11. The van der Waals surface area contributed by atoms with Gasteiger partial charge >= 0.3 is 0 Å². The van der Waals surface area contributed by atoms with E-state index in [-0.39, 0.29) is 11.5 Å². The number of hydrogen-bond donors (Lipinski definition) is 2. The molecule has 1 aromatic carbocycles. The molecule has 0 aliphatic rings. The number of nitrogens with two attached hydrogens (primary N) is 1. The fourth-order valence-corrected chi connectivity index (χ4v) is 1.90. The van der Waals surface area contributed by atoms with Crippen molar-refractivity contribution in [1.29, 1.82) is 0 Å². The van der Waals surface area contributed by atoms with Gasteiger partial charge < -0.3 is 10.5 Å². The number of methoxy groups -OCH3 is 1. The van der Waals surface area contributed by atoms with Gasteiger partial charge in [0.05, 0.1) is 23.5 Å².